The van der Waals surface area contributed by atoms with Crippen molar-refractivity contribution in [2.24, 2.45) is 0 Å². The first-order chi connectivity index (χ1) is 11.0. The fraction of sp³-hybridized carbons (Fsp3) is 0.278. The van der Waals surface area contributed by atoms with E-state index in [1.54, 1.807) is 18.2 Å². The molecule has 2 aromatic carbocycles. The van der Waals surface area contributed by atoms with E-state index in [1.165, 1.54) is 5.56 Å². The zero-order valence-electron chi connectivity index (χ0n) is 13.1. The van der Waals surface area contributed by atoms with E-state index in [4.69, 9.17) is 27.9 Å². The standard InChI is InChI=1S/C18H19Cl2NO2/c1-3-12(2)13-4-7-15(8-5-13)23-11-18(22)21-17-9-6-14(19)10-16(17)20/h4-10,12H,3,11H2,1-2H3,(H,21,22)/t12-/m1/s1. The van der Waals surface area contributed by atoms with Crippen LogP contribution in [0.2, 0.25) is 10.0 Å². The molecule has 0 heterocycles. The van der Waals surface area contributed by atoms with Gasteiger partial charge in [-0.3, -0.25) is 4.79 Å². The van der Waals surface area contributed by atoms with Crippen molar-refractivity contribution in [1.82, 2.24) is 0 Å². The first kappa shape index (κ1) is 17.6. The van der Waals surface area contributed by atoms with Crippen molar-refractivity contribution in [2.75, 3.05) is 11.9 Å². The highest BCUT2D eigenvalue weighted by molar-refractivity contribution is 6.36. The smallest absolute Gasteiger partial charge is 0.262 e. The Morgan fingerprint density at radius 2 is 1.87 bits per heavy atom. The summed E-state index contributed by atoms with van der Waals surface area (Å²) in [6, 6.07) is 12.7. The number of amides is 1. The van der Waals surface area contributed by atoms with Gasteiger partial charge in [0.1, 0.15) is 5.75 Å². The third-order valence-corrected chi connectivity index (χ3v) is 4.18. The summed E-state index contributed by atoms with van der Waals surface area (Å²) in [4.78, 5) is 11.9. The predicted octanol–water partition coefficient (Wildman–Crippen LogP) is 5.52. The van der Waals surface area contributed by atoms with Crippen LogP contribution in [-0.2, 0) is 4.79 Å². The number of rotatable bonds is 6. The van der Waals surface area contributed by atoms with Gasteiger partial charge >= 0.3 is 0 Å². The number of carbonyl (C=O) groups excluding carboxylic acids is 1. The summed E-state index contributed by atoms with van der Waals surface area (Å²) >= 11 is 11.8. The molecule has 0 saturated heterocycles. The molecule has 0 aromatic heterocycles. The number of carbonyl (C=O) groups is 1. The number of anilines is 1. The van der Waals surface area contributed by atoms with Gasteiger partial charge < -0.3 is 10.1 Å². The van der Waals surface area contributed by atoms with Gasteiger partial charge in [0, 0.05) is 5.02 Å². The summed E-state index contributed by atoms with van der Waals surface area (Å²) < 4.78 is 5.49. The van der Waals surface area contributed by atoms with E-state index in [9.17, 15) is 4.79 Å². The lowest BCUT2D eigenvalue weighted by atomic mass is 9.99. The van der Waals surface area contributed by atoms with Crippen LogP contribution >= 0.6 is 23.2 Å². The van der Waals surface area contributed by atoms with Crippen LogP contribution in [0.5, 0.6) is 5.75 Å². The molecule has 0 spiro atoms. The summed E-state index contributed by atoms with van der Waals surface area (Å²) in [6.07, 6.45) is 1.09. The number of benzene rings is 2. The SMILES string of the molecule is CC[C@@H](C)c1ccc(OCC(=O)Nc2ccc(Cl)cc2Cl)cc1. The van der Waals surface area contributed by atoms with Gasteiger partial charge in [-0.2, -0.15) is 0 Å². The normalized spacial score (nSPS) is 11.8. The maximum atomic E-state index is 11.9. The fourth-order valence-corrected chi connectivity index (χ4v) is 2.51. The third-order valence-electron chi connectivity index (χ3n) is 3.64. The summed E-state index contributed by atoms with van der Waals surface area (Å²) in [5.74, 6) is 0.897. The molecule has 0 radical (unpaired) electrons. The molecule has 5 heteroatoms. The number of hydrogen-bond acceptors (Lipinski definition) is 2. The highest BCUT2D eigenvalue weighted by Crippen LogP contribution is 2.25. The molecule has 0 aliphatic carbocycles. The minimum Gasteiger partial charge on any atom is -0.484 e. The average molecular weight is 352 g/mol. The molecule has 2 rings (SSSR count). The van der Waals surface area contributed by atoms with E-state index in [1.807, 2.05) is 24.3 Å². The molecule has 2 aromatic rings. The highest BCUT2D eigenvalue weighted by atomic mass is 35.5. The minimum absolute atomic E-state index is 0.0817. The van der Waals surface area contributed by atoms with Crippen LogP contribution < -0.4 is 10.1 Å². The molecule has 0 saturated carbocycles. The van der Waals surface area contributed by atoms with Gasteiger partial charge in [0.25, 0.3) is 5.91 Å². The van der Waals surface area contributed by atoms with Gasteiger partial charge in [-0.1, -0.05) is 49.2 Å². The van der Waals surface area contributed by atoms with Crippen LogP contribution in [0.3, 0.4) is 0 Å². The molecule has 0 fully saturated rings. The van der Waals surface area contributed by atoms with Crippen molar-refractivity contribution >= 4 is 34.8 Å². The molecule has 1 atom stereocenters. The highest BCUT2D eigenvalue weighted by Gasteiger charge is 2.08. The maximum Gasteiger partial charge on any atom is 0.262 e. The zero-order chi connectivity index (χ0) is 16.8. The van der Waals surface area contributed by atoms with Crippen molar-refractivity contribution in [3.05, 3.63) is 58.1 Å². The van der Waals surface area contributed by atoms with Gasteiger partial charge in [-0.25, -0.2) is 0 Å². The Bertz CT molecular complexity index is 671. The molecule has 0 aliphatic heterocycles. The van der Waals surface area contributed by atoms with E-state index in [-0.39, 0.29) is 12.5 Å². The Morgan fingerprint density at radius 3 is 2.48 bits per heavy atom. The molecule has 0 bridgehead atoms. The second-order valence-electron chi connectivity index (χ2n) is 5.34. The lowest BCUT2D eigenvalue weighted by Gasteiger charge is -2.11. The van der Waals surface area contributed by atoms with E-state index >= 15 is 0 Å². The number of nitrogens with one attached hydrogen (secondary N) is 1. The maximum absolute atomic E-state index is 11.9. The molecular formula is C18H19Cl2NO2. The lowest BCUT2D eigenvalue weighted by Crippen LogP contribution is -2.20. The molecule has 0 unspecified atom stereocenters. The molecule has 0 aliphatic rings. The van der Waals surface area contributed by atoms with Gasteiger partial charge in [0.05, 0.1) is 10.7 Å². The largest absolute Gasteiger partial charge is 0.484 e. The number of hydrogen-bond donors (Lipinski definition) is 1. The summed E-state index contributed by atoms with van der Waals surface area (Å²) in [5, 5.41) is 3.60. The molecule has 1 amide bonds. The van der Waals surface area contributed by atoms with Crippen LogP contribution in [0, 0.1) is 0 Å². The second-order valence-corrected chi connectivity index (χ2v) is 6.18. The van der Waals surface area contributed by atoms with E-state index in [2.05, 4.69) is 19.2 Å². The molecule has 3 nitrogen and oxygen atoms in total. The average Bonchev–Trinajstić information content (AvgIpc) is 2.55. The Labute approximate surface area is 146 Å². The van der Waals surface area contributed by atoms with Crippen LogP contribution in [-0.4, -0.2) is 12.5 Å². The summed E-state index contributed by atoms with van der Waals surface area (Å²) in [6.45, 7) is 4.25. The Kier molecular flexibility index (Phi) is 6.31. The van der Waals surface area contributed by atoms with Crippen LogP contribution in [0.25, 0.3) is 0 Å². The lowest BCUT2D eigenvalue weighted by molar-refractivity contribution is -0.118. The van der Waals surface area contributed by atoms with Gasteiger partial charge in [-0.15, -0.1) is 0 Å². The van der Waals surface area contributed by atoms with Crippen molar-refractivity contribution < 1.29 is 9.53 Å². The molecule has 1 N–H and O–H groups in total. The Hall–Kier alpha value is -1.71. The van der Waals surface area contributed by atoms with E-state index < -0.39 is 0 Å². The Balaban J connectivity index is 1.89. The number of halogens is 2. The van der Waals surface area contributed by atoms with Gasteiger partial charge in [-0.05, 0) is 48.2 Å². The monoisotopic (exact) mass is 351 g/mol. The van der Waals surface area contributed by atoms with E-state index in [0.29, 0.717) is 27.4 Å². The van der Waals surface area contributed by atoms with Crippen LogP contribution in [0.15, 0.2) is 42.5 Å². The first-order valence-electron chi connectivity index (χ1n) is 7.47. The first-order valence-corrected chi connectivity index (χ1v) is 8.23. The summed E-state index contributed by atoms with van der Waals surface area (Å²) in [5.41, 5.74) is 1.77. The van der Waals surface area contributed by atoms with Crippen molar-refractivity contribution in [1.29, 1.82) is 0 Å². The zero-order valence-corrected chi connectivity index (χ0v) is 14.6. The van der Waals surface area contributed by atoms with Crippen molar-refractivity contribution in [3.63, 3.8) is 0 Å². The number of ether oxygens (including phenoxy) is 1. The fourth-order valence-electron chi connectivity index (χ4n) is 2.05. The van der Waals surface area contributed by atoms with E-state index in [0.717, 1.165) is 6.42 Å². The van der Waals surface area contributed by atoms with Crippen LogP contribution in [0.4, 0.5) is 5.69 Å². The van der Waals surface area contributed by atoms with Crippen molar-refractivity contribution in [2.45, 2.75) is 26.2 Å². The third kappa shape index (κ3) is 5.15. The molecular weight excluding hydrogens is 333 g/mol. The molecule has 23 heavy (non-hydrogen) atoms. The van der Waals surface area contributed by atoms with Gasteiger partial charge in [0.2, 0.25) is 0 Å². The van der Waals surface area contributed by atoms with Crippen molar-refractivity contribution in [3.8, 4) is 5.75 Å². The summed E-state index contributed by atoms with van der Waals surface area (Å²) in [7, 11) is 0. The predicted molar refractivity (Wildman–Crippen MR) is 95.7 cm³/mol. The topological polar surface area (TPSA) is 38.3 Å². The minimum atomic E-state index is -0.278. The Morgan fingerprint density at radius 1 is 1.17 bits per heavy atom. The quantitative estimate of drug-likeness (QED) is 0.743. The second kappa shape index (κ2) is 8.23. The van der Waals surface area contributed by atoms with Gasteiger partial charge in [0.15, 0.2) is 6.61 Å². The van der Waals surface area contributed by atoms with Crippen LogP contribution in [0.1, 0.15) is 31.7 Å². The molecule has 122 valence electrons.